The molecule has 126 valence electrons. The fourth-order valence-corrected chi connectivity index (χ4v) is 6.36. The normalized spacial score (nSPS) is 46.6. The summed E-state index contributed by atoms with van der Waals surface area (Å²) >= 11 is 0. The number of hydrogen-bond donors (Lipinski definition) is 1. The molecule has 4 rings (SSSR count). The highest BCUT2D eigenvalue weighted by molar-refractivity contribution is 6.01. The van der Waals surface area contributed by atoms with E-state index in [0.717, 1.165) is 31.3 Å². The average molecular weight is 323 g/mol. The summed E-state index contributed by atoms with van der Waals surface area (Å²) in [6.07, 6.45) is 16.3. The first-order chi connectivity index (χ1) is 11.4. The van der Waals surface area contributed by atoms with Crippen molar-refractivity contribution in [3.05, 3.63) is 23.8 Å². The largest absolute Gasteiger partial charge is 0.324 e. The van der Waals surface area contributed by atoms with Crippen LogP contribution in [0.25, 0.3) is 0 Å². The second kappa shape index (κ2) is 5.17. The van der Waals surface area contributed by atoms with Crippen LogP contribution in [0.1, 0.15) is 45.4 Å². The molecule has 3 saturated carbocycles. The maximum Gasteiger partial charge on any atom is 0.178 e. The number of ketones is 2. The monoisotopic (exact) mass is 323 g/mol. The standard InChI is InChI=1S/C21H25NO2/c1-3-8-21-10-6-13(23)11-17(21)18(22)12-14-15-4-5-19(24)20(15,2)9-7-16(14)21/h1,6,10-11,14-16,18H,4-5,7-9,12,22H2,2H3/t14-,15-,16-,18-,20-,21+/m0/s1. The van der Waals surface area contributed by atoms with E-state index >= 15 is 0 Å². The maximum absolute atomic E-state index is 12.5. The Labute approximate surface area is 143 Å². The molecule has 0 bridgehead atoms. The first kappa shape index (κ1) is 15.8. The van der Waals surface area contributed by atoms with E-state index in [1.54, 1.807) is 12.2 Å². The van der Waals surface area contributed by atoms with Crippen LogP contribution in [0.2, 0.25) is 0 Å². The Balaban J connectivity index is 1.80. The molecule has 6 atom stereocenters. The van der Waals surface area contributed by atoms with E-state index in [4.69, 9.17) is 12.2 Å². The van der Waals surface area contributed by atoms with Crippen molar-refractivity contribution in [2.75, 3.05) is 0 Å². The molecule has 0 unspecified atom stereocenters. The SMILES string of the molecule is C#CC[C@]12C=CC(=O)C=C1[C@@H](N)C[C@H]1[C@@H]3CCC(=O)[C@@]3(C)CC[C@@H]12. The summed E-state index contributed by atoms with van der Waals surface area (Å²) in [5.41, 5.74) is 7.10. The van der Waals surface area contributed by atoms with Crippen LogP contribution in [0.5, 0.6) is 0 Å². The summed E-state index contributed by atoms with van der Waals surface area (Å²) in [7, 11) is 0. The Kier molecular flexibility index (Phi) is 3.41. The molecule has 3 fully saturated rings. The molecule has 0 aliphatic heterocycles. The lowest BCUT2D eigenvalue weighted by molar-refractivity contribution is -0.131. The van der Waals surface area contributed by atoms with Crippen molar-refractivity contribution in [3.8, 4) is 12.3 Å². The summed E-state index contributed by atoms with van der Waals surface area (Å²) < 4.78 is 0. The molecule has 0 aromatic rings. The Bertz CT molecular complexity index is 712. The Morgan fingerprint density at radius 1 is 1.33 bits per heavy atom. The molecular formula is C21H25NO2. The van der Waals surface area contributed by atoms with Crippen LogP contribution < -0.4 is 5.73 Å². The fourth-order valence-electron chi connectivity index (χ4n) is 6.36. The molecule has 0 aromatic carbocycles. The number of carbonyl (C=O) groups is 2. The summed E-state index contributed by atoms with van der Waals surface area (Å²) in [6, 6.07) is -0.133. The van der Waals surface area contributed by atoms with Gasteiger partial charge in [-0.3, -0.25) is 9.59 Å². The highest BCUT2D eigenvalue weighted by Gasteiger charge is 2.60. The van der Waals surface area contributed by atoms with Gasteiger partial charge in [0.05, 0.1) is 0 Å². The number of allylic oxidation sites excluding steroid dienone is 3. The third kappa shape index (κ3) is 1.90. The highest BCUT2D eigenvalue weighted by atomic mass is 16.1. The molecule has 24 heavy (non-hydrogen) atoms. The van der Waals surface area contributed by atoms with Crippen molar-refractivity contribution in [1.82, 2.24) is 0 Å². The van der Waals surface area contributed by atoms with Gasteiger partial charge in [-0.2, -0.15) is 0 Å². The van der Waals surface area contributed by atoms with Crippen LogP contribution in [0.3, 0.4) is 0 Å². The van der Waals surface area contributed by atoms with Crippen molar-refractivity contribution in [1.29, 1.82) is 0 Å². The van der Waals surface area contributed by atoms with Gasteiger partial charge in [0, 0.05) is 29.7 Å². The van der Waals surface area contributed by atoms with Crippen molar-refractivity contribution >= 4 is 11.6 Å². The van der Waals surface area contributed by atoms with E-state index in [0.29, 0.717) is 36.4 Å². The van der Waals surface area contributed by atoms with Gasteiger partial charge in [-0.1, -0.05) is 13.0 Å². The third-order valence-corrected chi connectivity index (χ3v) is 7.51. The van der Waals surface area contributed by atoms with E-state index < -0.39 is 0 Å². The molecule has 0 spiro atoms. The molecule has 0 amide bonds. The molecule has 0 saturated heterocycles. The minimum Gasteiger partial charge on any atom is -0.324 e. The number of nitrogens with two attached hydrogens (primary N) is 1. The van der Waals surface area contributed by atoms with Crippen molar-refractivity contribution in [2.24, 2.45) is 34.3 Å². The average Bonchev–Trinajstić information content (AvgIpc) is 2.85. The van der Waals surface area contributed by atoms with Gasteiger partial charge in [0.1, 0.15) is 5.78 Å². The Hall–Kier alpha value is -1.66. The first-order valence-corrected chi connectivity index (χ1v) is 9.10. The summed E-state index contributed by atoms with van der Waals surface area (Å²) in [6.45, 7) is 2.16. The Morgan fingerprint density at radius 2 is 2.12 bits per heavy atom. The van der Waals surface area contributed by atoms with Gasteiger partial charge in [0.15, 0.2) is 5.78 Å². The van der Waals surface area contributed by atoms with Gasteiger partial charge in [0.25, 0.3) is 0 Å². The smallest absolute Gasteiger partial charge is 0.178 e. The predicted octanol–water partition coefficient (Wildman–Crippen LogP) is 2.80. The van der Waals surface area contributed by atoms with Crippen LogP contribution in [0.15, 0.2) is 23.8 Å². The number of hydrogen-bond acceptors (Lipinski definition) is 3. The molecule has 4 aliphatic carbocycles. The molecular weight excluding hydrogens is 298 g/mol. The molecule has 0 heterocycles. The third-order valence-electron chi connectivity index (χ3n) is 7.51. The van der Waals surface area contributed by atoms with E-state index in [2.05, 4.69) is 12.8 Å². The van der Waals surface area contributed by atoms with Crippen LogP contribution >= 0.6 is 0 Å². The zero-order chi connectivity index (χ0) is 17.1. The topological polar surface area (TPSA) is 60.2 Å². The van der Waals surface area contributed by atoms with Crippen LogP contribution in [0, 0.1) is 40.9 Å². The van der Waals surface area contributed by atoms with Crippen LogP contribution in [-0.4, -0.2) is 17.6 Å². The van der Waals surface area contributed by atoms with Gasteiger partial charge in [0.2, 0.25) is 0 Å². The van der Waals surface area contributed by atoms with Crippen LogP contribution in [0.4, 0.5) is 0 Å². The number of rotatable bonds is 1. The number of fused-ring (bicyclic) bond motifs is 5. The number of carbonyl (C=O) groups excluding carboxylic acids is 2. The Morgan fingerprint density at radius 3 is 2.88 bits per heavy atom. The van der Waals surface area contributed by atoms with Crippen molar-refractivity contribution < 1.29 is 9.59 Å². The zero-order valence-electron chi connectivity index (χ0n) is 14.3. The van der Waals surface area contributed by atoms with Gasteiger partial charge in [-0.25, -0.2) is 0 Å². The lowest BCUT2D eigenvalue weighted by Crippen LogP contribution is -2.55. The van der Waals surface area contributed by atoms with Gasteiger partial charge in [-0.15, -0.1) is 12.3 Å². The fraction of sp³-hybridized carbons (Fsp3) is 0.619. The lowest BCUT2D eigenvalue weighted by atomic mass is 9.46. The summed E-state index contributed by atoms with van der Waals surface area (Å²) in [4.78, 5) is 24.4. The van der Waals surface area contributed by atoms with E-state index in [1.165, 1.54) is 0 Å². The number of terminal acetylenes is 1. The van der Waals surface area contributed by atoms with Gasteiger partial charge < -0.3 is 5.73 Å². The summed E-state index contributed by atoms with van der Waals surface area (Å²) in [5.74, 6) is 4.53. The molecule has 3 heteroatoms. The second-order valence-electron chi connectivity index (χ2n) is 8.39. The molecule has 0 radical (unpaired) electrons. The molecule has 0 aromatic heterocycles. The van der Waals surface area contributed by atoms with E-state index in [-0.39, 0.29) is 22.7 Å². The van der Waals surface area contributed by atoms with E-state index in [9.17, 15) is 9.59 Å². The van der Waals surface area contributed by atoms with Crippen molar-refractivity contribution in [3.63, 3.8) is 0 Å². The minimum atomic E-state index is -0.280. The van der Waals surface area contributed by atoms with Crippen LogP contribution in [-0.2, 0) is 9.59 Å². The maximum atomic E-state index is 12.5. The van der Waals surface area contributed by atoms with Crippen molar-refractivity contribution in [2.45, 2.75) is 51.5 Å². The molecule has 2 N–H and O–H groups in total. The minimum absolute atomic E-state index is 0.0169. The second-order valence-corrected chi connectivity index (χ2v) is 8.39. The summed E-state index contributed by atoms with van der Waals surface area (Å²) in [5, 5.41) is 0. The molecule has 3 nitrogen and oxygen atoms in total. The first-order valence-electron chi connectivity index (χ1n) is 9.10. The highest BCUT2D eigenvalue weighted by Crippen LogP contribution is 2.64. The lowest BCUT2D eigenvalue weighted by Gasteiger charge is -2.57. The molecule has 4 aliphatic rings. The predicted molar refractivity (Wildman–Crippen MR) is 92.8 cm³/mol. The zero-order valence-corrected chi connectivity index (χ0v) is 14.3. The number of Topliss-reactive ketones (excluding diaryl/α,β-unsaturated/α-hetero) is 1. The van der Waals surface area contributed by atoms with Gasteiger partial charge in [-0.05, 0) is 61.2 Å². The quantitative estimate of drug-likeness (QED) is 0.755. The van der Waals surface area contributed by atoms with Gasteiger partial charge >= 0.3 is 0 Å². The van der Waals surface area contributed by atoms with E-state index in [1.807, 2.05) is 6.08 Å².